The van der Waals surface area contributed by atoms with Gasteiger partial charge in [0.2, 0.25) is 0 Å². The molecule has 0 radical (unpaired) electrons. The van der Waals surface area contributed by atoms with Crippen LogP contribution in [0.5, 0.6) is 0 Å². The third-order valence-electron chi connectivity index (χ3n) is 7.95. The van der Waals surface area contributed by atoms with E-state index in [0.717, 1.165) is 37.9 Å². The molecule has 1 aliphatic heterocycles. The summed E-state index contributed by atoms with van der Waals surface area (Å²) in [6.45, 7) is 9.35. The van der Waals surface area contributed by atoms with Crippen LogP contribution in [0.2, 0.25) is 0 Å². The number of nitrogens with zero attached hydrogens (tertiary/aromatic N) is 2. The maximum atomic E-state index is 14.0. The number of benzene rings is 3. The zero-order valence-corrected chi connectivity index (χ0v) is 21.1. The van der Waals surface area contributed by atoms with Gasteiger partial charge in [0.05, 0.1) is 6.04 Å². The van der Waals surface area contributed by atoms with E-state index in [4.69, 9.17) is 0 Å². The van der Waals surface area contributed by atoms with Crippen LogP contribution in [0.3, 0.4) is 0 Å². The maximum absolute atomic E-state index is 14.0. The zero-order valence-electron chi connectivity index (χ0n) is 21.1. The van der Waals surface area contributed by atoms with Gasteiger partial charge in [0.1, 0.15) is 0 Å². The number of hydrogen-bond acceptors (Lipinski definition) is 2. The smallest absolute Gasteiger partial charge is 0.318 e. The van der Waals surface area contributed by atoms with Crippen LogP contribution in [0.4, 0.5) is 4.79 Å². The van der Waals surface area contributed by atoms with Gasteiger partial charge in [0.15, 0.2) is 0 Å². The third-order valence-corrected chi connectivity index (χ3v) is 7.95. The minimum Gasteiger partial charge on any atom is -0.331 e. The average molecular weight is 458 g/mol. The fraction of sp³-hybridized carbons (Fsp3) is 0.433. The van der Waals surface area contributed by atoms with Crippen molar-refractivity contribution in [3.63, 3.8) is 0 Å². The van der Waals surface area contributed by atoms with Crippen LogP contribution in [-0.4, -0.2) is 42.0 Å². The molecule has 0 aromatic heterocycles. The second-order valence-electron chi connectivity index (χ2n) is 9.96. The Morgan fingerprint density at radius 2 is 1.71 bits per heavy atom. The van der Waals surface area contributed by atoms with E-state index in [1.54, 1.807) is 0 Å². The topological polar surface area (TPSA) is 35.6 Å². The van der Waals surface area contributed by atoms with Crippen molar-refractivity contribution >= 4 is 16.8 Å². The second-order valence-corrected chi connectivity index (χ2v) is 9.96. The minimum atomic E-state index is -0.0826. The molecule has 180 valence electrons. The molecule has 0 saturated carbocycles. The van der Waals surface area contributed by atoms with E-state index in [-0.39, 0.29) is 23.5 Å². The number of amides is 2. The molecular weight excluding hydrogens is 418 g/mol. The lowest BCUT2D eigenvalue weighted by Gasteiger charge is -2.51. The number of fused-ring (bicyclic) bond motifs is 1. The summed E-state index contributed by atoms with van der Waals surface area (Å²) in [4.78, 5) is 18.5. The number of hydrogen-bond donors (Lipinski definition) is 1. The summed E-state index contributed by atoms with van der Waals surface area (Å²) in [5, 5.41) is 5.78. The minimum absolute atomic E-state index is 0.0325. The second kappa shape index (κ2) is 10.6. The van der Waals surface area contributed by atoms with Gasteiger partial charge in [0, 0.05) is 24.5 Å². The first-order valence-corrected chi connectivity index (χ1v) is 12.7. The maximum Gasteiger partial charge on any atom is 0.318 e. The molecule has 3 aromatic rings. The van der Waals surface area contributed by atoms with Gasteiger partial charge < -0.3 is 15.1 Å². The molecule has 1 fully saturated rings. The summed E-state index contributed by atoms with van der Waals surface area (Å²) in [5.74, 6) is 0. The molecule has 4 nitrogen and oxygen atoms in total. The van der Waals surface area contributed by atoms with Gasteiger partial charge in [0.25, 0.3) is 0 Å². The van der Waals surface area contributed by atoms with E-state index < -0.39 is 0 Å². The lowest BCUT2D eigenvalue weighted by molar-refractivity contribution is 0.000382. The molecule has 34 heavy (non-hydrogen) atoms. The molecule has 2 atom stereocenters. The van der Waals surface area contributed by atoms with Crippen molar-refractivity contribution in [3.05, 3.63) is 83.9 Å². The van der Waals surface area contributed by atoms with Crippen molar-refractivity contribution in [2.24, 2.45) is 5.41 Å². The normalized spacial score (nSPS) is 19.0. The molecular formula is C30H39N3O. The summed E-state index contributed by atoms with van der Waals surface area (Å²) in [6, 6.07) is 25.3. The molecule has 4 rings (SSSR count). The highest BCUT2D eigenvalue weighted by molar-refractivity contribution is 5.86. The van der Waals surface area contributed by atoms with Crippen molar-refractivity contribution in [1.29, 1.82) is 0 Å². The van der Waals surface area contributed by atoms with Gasteiger partial charge >= 0.3 is 6.03 Å². The lowest BCUT2D eigenvalue weighted by Crippen LogP contribution is -2.59. The van der Waals surface area contributed by atoms with Crippen molar-refractivity contribution in [3.8, 4) is 0 Å². The first-order chi connectivity index (χ1) is 16.5. The van der Waals surface area contributed by atoms with Crippen LogP contribution >= 0.6 is 0 Å². The van der Waals surface area contributed by atoms with Gasteiger partial charge in [-0.1, -0.05) is 86.6 Å². The number of carbonyl (C=O) groups is 1. The molecule has 1 aliphatic rings. The van der Waals surface area contributed by atoms with Crippen molar-refractivity contribution in [1.82, 2.24) is 15.1 Å². The molecule has 1 N–H and O–H groups in total. The predicted molar refractivity (Wildman–Crippen MR) is 142 cm³/mol. The van der Waals surface area contributed by atoms with E-state index >= 15 is 0 Å². The number of piperidine rings is 1. The van der Waals surface area contributed by atoms with Crippen molar-refractivity contribution in [2.75, 3.05) is 20.1 Å². The number of urea groups is 1. The highest BCUT2D eigenvalue weighted by atomic mass is 16.2. The molecule has 1 heterocycles. The van der Waals surface area contributed by atoms with Gasteiger partial charge in [-0.25, -0.2) is 4.79 Å². The lowest BCUT2D eigenvalue weighted by atomic mass is 9.71. The number of nitrogens with one attached hydrogen (secondary N) is 1. The fourth-order valence-electron chi connectivity index (χ4n) is 5.88. The SMILES string of the molecule is CCC1(CC)CN(C)CCC1N(Cc1ccccc1)C(=O)N[C@H](C)c1cccc2ccccc12. The average Bonchev–Trinajstić information content (AvgIpc) is 2.87. The van der Waals surface area contributed by atoms with Crippen LogP contribution in [-0.2, 0) is 6.54 Å². The molecule has 1 unspecified atom stereocenters. The molecule has 0 bridgehead atoms. The summed E-state index contributed by atoms with van der Waals surface area (Å²) in [7, 11) is 2.21. The van der Waals surface area contributed by atoms with Crippen LogP contribution in [0.25, 0.3) is 10.8 Å². The number of rotatable bonds is 7. The molecule has 1 saturated heterocycles. The van der Waals surface area contributed by atoms with Gasteiger partial charge in [-0.15, -0.1) is 0 Å². The van der Waals surface area contributed by atoms with E-state index in [0.29, 0.717) is 6.54 Å². The van der Waals surface area contributed by atoms with E-state index in [1.807, 2.05) is 6.07 Å². The Kier molecular flexibility index (Phi) is 7.57. The highest BCUT2D eigenvalue weighted by Gasteiger charge is 2.44. The molecule has 4 heteroatoms. The monoisotopic (exact) mass is 457 g/mol. The van der Waals surface area contributed by atoms with Gasteiger partial charge in [-0.05, 0) is 61.7 Å². The Hall–Kier alpha value is -2.85. The summed E-state index contributed by atoms with van der Waals surface area (Å²) in [6.07, 6.45) is 3.13. The van der Waals surface area contributed by atoms with E-state index in [1.165, 1.54) is 16.3 Å². The van der Waals surface area contributed by atoms with Crippen molar-refractivity contribution in [2.45, 2.75) is 58.7 Å². The summed E-state index contributed by atoms with van der Waals surface area (Å²) < 4.78 is 0. The fourth-order valence-corrected chi connectivity index (χ4v) is 5.88. The van der Waals surface area contributed by atoms with Crippen LogP contribution in [0.1, 0.15) is 57.2 Å². The summed E-state index contributed by atoms with van der Waals surface area (Å²) in [5.41, 5.74) is 2.43. The molecule has 0 spiro atoms. The van der Waals surface area contributed by atoms with Crippen LogP contribution in [0.15, 0.2) is 72.8 Å². The molecule has 3 aromatic carbocycles. The van der Waals surface area contributed by atoms with Crippen LogP contribution < -0.4 is 5.32 Å². The van der Waals surface area contributed by atoms with Gasteiger partial charge in [-0.3, -0.25) is 0 Å². The van der Waals surface area contributed by atoms with Gasteiger partial charge in [-0.2, -0.15) is 0 Å². The third kappa shape index (κ3) is 4.97. The first-order valence-electron chi connectivity index (χ1n) is 12.7. The van der Waals surface area contributed by atoms with Crippen LogP contribution in [0, 0.1) is 5.41 Å². The standard InChI is InChI=1S/C30H39N3O/c1-5-30(6-2)22-32(4)20-19-28(30)33(21-24-13-8-7-9-14-24)29(34)31-23(3)26-18-12-16-25-15-10-11-17-27(25)26/h7-18,23,28H,5-6,19-22H2,1-4H3,(H,31,34)/t23-,28?/m1/s1. The Morgan fingerprint density at radius 1 is 1.03 bits per heavy atom. The Labute approximate surface area is 205 Å². The zero-order chi connectivity index (χ0) is 24.1. The van der Waals surface area contributed by atoms with E-state index in [2.05, 4.69) is 110 Å². The molecule has 0 aliphatic carbocycles. The molecule has 2 amide bonds. The Balaban J connectivity index is 1.65. The Morgan fingerprint density at radius 3 is 2.44 bits per heavy atom. The highest BCUT2D eigenvalue weighted by Crippen LogP contribution is 2.40. The summed E-state index contributed by atoms with van der Waals surface area (Å²) >= 11 is 0. The number of carbonyl (C=O) groups excluding carboxylic acids is 1. The first kappa shape index (κ1) is 24.3. The largest absolute Gasteiger partial charge is 0.331 e. The Bertz CT molecular complexity index is 1090. The van der Waals surface area contributed by atoms with Crippen molar-refractivity contribution < 1.29 is 4.79 Å². The quantitative estimate of drug-likeness (QED) is 0.432. The predicted octanol–water partition coefficient (Wildman–Crippen LogP) is 6.62. The number of likely N-dealkylation sites (tertiary alicyclic amines) is 1. The van der Waals surface area contributed by atoms with E-state index in [9.17, 15) is 4.79 Å².